The summed E-state index contributed by atoms with van der Waals surface area (Å²) < 4.78 is 1.92. The minimum Gasteiger partial charge on any atom is -0.339 e. The van der Waals surface area contributed by atoms with Gasteiger partial charge in [0.2, 0.25) is 0 Å². The molecule has 1 N–H and O–H groups in total. The van der Waals surface area contributed by atoms with E-state index < -0.39 is 0 Å². The van der Waals surface area contributed by atoms with Gasteiger partial charge in [-0.15, -0.1) is 11.3 Å². The zero-order chi connectivity index (χ0) is 19.2. The molecule has 3 heterocycles. The first kappa shape index (κ1) is 18.5. The van der Waals surface area contributed by atoms with E-state index in [2.05, 4.69) is 27.1 Å². The maximum atomic E-state index is 12.7. The lowest BCUT2D eigenvalue weighted by molar-refractivity contribution is 0.101. The molecule has 0 bridgehead atoms. The average Bonchev–Trinajstić information content (AvgIpc) is 3.37. The van der Waals surface area contributed by atoms with Crippen LogP contribution in [0.15, 0.2) is 48.2 Å². The Balaban J connectivity index is 1.40. The molecule has 0 aliphatic heterocycles. The summed E-state index contributed by atoms with van der Waals surface area (Å²) in [5.41, 5.74) is 2.43. The molecule has 0 radical (unpaired) electrons. The van der Waals surface area contributed by atoms with Crippen molar-refractivity contribution in [3.63, 3.8) is 0 Å². The first-order valence-corrected chi connectivity index (χ1v) is 10.5. The fourth-order valence-corrected chi connectivity index (χ4v) is 4.05. The van der Waals surface area contributed by atoms with Gasteiger partial charge in [0, 0.05) is 36.4 Å². The molecule has 0 spiro atoms. The highest BCUT2D eigenvalue weighted by atomic mass is 32.1. The molecular formula is C22H22N4OS. The molecule has 0 saturated heterocycles. The molecule has 1 aliphatic carbocycles. The zero-order valence-electron chi connectivity index (χ0n) is 15.6. The molecule has 3 aromatic heterocycles. The van der Waals surface area contributed by atoms with Crippen molar-refractivity contribution < 1.29 is 4.79 Å². The molecule has 3 aromatic rings. The van der Waals surface area contributed by atoms with Crippen molar-refractivity contribution in [2.75, 3.05) is 5.32 Å². The van der Waals surface area contributed by atoms with Crippen molar-refractivity contribution in [1.29, 1.82) is 0 Å². The van der Waals surface area contributed by atoms with E-state index in [1.165, 1.54) is 43.4 Å². The van der Waals surface area contributed by atoms with Crippen molar-refractivity contribution in [3.8, 4) is 11.8 Å². The molecule has 0 aromatic carbocycles. The van der Waals surface area contributed by atoms with Crippen LogP contribution in [0.1, 0.15) is 53.8 Å². The van der Waals surface area contributed by atoms with Crippen LogP contribution in [0.2, 0.25) is 0 Å². The number of hydrogen-bond acceptors (Lipinski definition) is 4. The minimum atomic E-state index is -0.166. The maximum Gasteiger partial charge on any atom is 0.274 e. The fourth-order valence-electron chi connectivity index (χ4n) is 3.42. The number of aromatic nitrogens is 3. The highest BCUT2D eigenvalue weighted by molar-refractivity contribution is 7.14. The third-order valence-corrected chi connectivity index (χ3v) is 5.66. The van der Waals surface area contributed by atoms with E-state index in [0.717, 1.165) is 11.3 Å². The van der Waals surface area contributed by atoms with Gasteiger partial charge in [0.15, 0.2) is 5.13 Å². The second-order valence-electron chi connectivity index (χ2n) is 6.97. The molecular weight excluding hydrogens is 368 g/mol. The number of rotatable bonds is 4. The van der Waals surface area contributed by atoms with Gasteiger partial charge in [0.05, 0.1) is 0 Å². The molecule has 5 nitrogen and oxygen atoms in total. The third-order valence-electron chi connectivity index (χ3n) is 4.90. The van der Waals surface area contributed by atoms with Crippen LogP contribution in [0.4, 0.5) is 5.13 Å². The molecule has 1 amide bonds. The van der Waals surface area contributed by atoms with E-state index in [-0.39, 0.29) is 5.91 Å². The molecule has 28 heavy (non-hydrogen) atoms. The number of carbonyl (C=O) groups is 1. The van der Waals surface area contributed by atoms with E-state index >= 15 is 0 Å². The molecule has 142 valence electrons. The Labute approximate surface area is 168 Å². The first-order valence-electron chi connectivity index (χ1n) is 9.60. The van der Waals surface area contributed by atoms with Gasteiger partial charge in [-0.25, -0.2) is 4.98 Å². The predicted molar refractivity (Wildman–Crippen MR) is 111 cm³/mol. The van der Waals surface area contributed by atoms with Crippen molar-refractivity contribution in [1.82, 2.24) is 14.5 Å². The summed E-state index contributed by atoms with van der Waals surface area (Å²) in [6, 6.07) is 7.58. The van der Waals surface area contributed by atoms with E-state index in [1.807, 2.05) is 40.4 Å². The van der Waals surface area contributed by atoms with Gasteiger partial charge < -0.3 is 4.57 Å². The summed E-state index contributed by atoms with van der Waals surface area (Å²) >= 11 is 1.41. The normalized spacial score (nSPS) is 14.3. The van der Waals surface area contributed by atoms with Gasteiger partial charge >= 0.3 is 0 Å². The van der Waals surface area contributed by atoms with Crippen molar-refractivity contribution in [3.05, 3.63) is 65.2 Å². The van der Waals surface area contributed by atoms with Gasteiger partial charge in [0.25, 0.3) is 5.91 Å². The molecule has 1 saturated carbocycles. The average molecular weight is 391 g/mol. The Bertz CT molecular complexity index is 990. The standard InChI is InChI=1S/C22H22N4OS/c27-21(20-7-4-14-26(20)15-18-10-12-23-13-11-18)25-22-24-19(16-28-22)9-8-17-5-2-1-3-6-17/h4,7,10-14,16-17H,1-3,5-6,15H2,(H,24,25,27). The molecule has 6 heteroatoms. The van der Waals surface area contributed by atoms with Gasteiger partial charge in [0.1, 0.15) is 11.4 Å². The van der Waals surface area contributed by atoms with E-state index in [9.17, 15) is 4.79 Å². The lowest BCUT2D eigenvalue weighted by atomic mass is 9.90. The Morgan fingerprint density at radius 2 is 2.04 bits per heavy atom. The van der Waals surface area contributed by atoms with Crippen LogP contribution in [0, 0.1) is 17.8 Å². The first-order chi connectivity index (χ1) is 13.8. The quantitative estimate of drug-likeness (QED) is 0.664. The smallest absolute Gasteiger partial charge is 0.274 e. The highest BCUT2D eigenvalue weighted by Gasteiger charge is 2.14. The van der Waals surface area contributed by atoms with Crippen LogP contribution < -0.4 is 5.32 Å². The Morgan fingerprint density at radius 3 is 2.86 bits per heavy atom. The van der Waals surface area contributed by atoms with Gasteiger partial charge in [-0.1, -0.05) is 25.2 Å². The molecule has 0 unspecified atom stereocenters. The van der Waals surface area contributed by atoms with E-state index in [0.29, 0.717) is 23.3 Å². The minimum absolute atomic E-state index is 0.166. The second-order valence-corrected chi connectivity index (χ2v) is 7.83. The second kappa shape index (κ2) is 8.85. The molecule has 1 fully saturated rings. The number of thiazole rings is 1. The number of carbonyl (C=O) groups excluding carboxylic acids is 1. The monoisotopic (exact) mass is 390 g/mol. The Morgan fingerprint density at radius 1 is 1.21 bits per heavy atom. The fraction of sp³-hybridized carbons (Fsp3) is 0.318. The maximum absolute atomic E-state index is 12.7. The van der Waals surface area contributed by atoms with Crippen LogP contribution >= 0.6 is 11.3 Å². The van der Waals surface area contributed by atoms with Gasteiger partial charge in [-0.3, -0.25) is 15.1 Å². The van der Waals surface area contributed by atoms with Crippen molar-refractivity contribution in [2.24, 2.45) is 5.92 Å². The van der Waals surface area contributed by atoms with Crippen LogP contribution in [0.25, 0.3) is 0 Å². The predicted octanol–water partition coefficient (Wildman–Crippen LogP) is 4.57. The molecule has 0 atom stereocenters. The molecule has 1 aliphatic rings. The van der Waals surface area contributed by atoms with Crippen LogP contribution in [-0.4, -0.2) is 20.4 Å². The van der Waals surface area contributed by atoms with Crippen molar-refractivity contribution in [2.45, 2.75) is 38.6 Å². The summed E-state index contributed by atoms with van der Waals surface area (Å²) in [5, 5.41) is 5.38. The van der Waals surface area contributed by atoms with Crippen LogP contribution in [-0.2, 0) is 6.54 Å². The zero-order valence-corrected chi connectivity index (χ0v) is 16.4. The Hall–Kier alpha value is -2.91. The number of hydrogen-bond donors (Lipinski definition) is 1. The number of nitrogens with one attached hydrogen (secondary N) is 1. The topological polar surface area (TPSA) is 59.8 Å². The molecule has 4 rings (SSSR count). The van der Waals surface area contributed by atoms with Crippen LogP contribution in [0.5, 0.6) is 0 Å². The lowest BCUT2D eigenvalue weighted by Gasteiger charge is -2.15. The number of nitrogens with zero attached hydrogens (tertiary/aromatic N) is 3. The summed E-state index contributed by atoms with van der Waals surface area (Å²) in [4.78, 5) is 21.2. The van der Waals surface area contributed by atoms with Gasteiger partial charge in [-0.2, -0.15) is 0 Å². The lowest BCUT2D eigenvalue weighted by Crippen LogP contribution is -2.17. The summed E-state index contributed by atoms with van der Waals surface area (Å²) in [6.07, 6.45) is 11.7. The number of pyridine rings is 1. The number of anilines is 1. The van der Waals surface area contributed by atoms with E-state index in [1.54, 1.807) is 12.4 Å². The van der Waals surface area contributed by atoms with Gasteiger partial charge in [-0.05, 0) is 48.6 Å². The highest BCUT2D eigenvalue weighted by Crippen LogP contribution is 2.23. The number of amides is 1. The third kappa shape index (κ3) is 4.68. The SMILES string of the molecule is O=C(Nc1nc(C#CC2CCCCC2)cs1)c1cccn1Cc1ccncc1. The summed E-state index contributed by atoms with van der Waals surface area (Å²) in [7, 11) is 0. The van der Waals surface area contributed by atoms with Crippen LogP contribution in [0.3, 0.4) is 0 Å². The summed E-state index contributed by atoms with van der Waals surface area (Å²) in [6.45, 7) is 0.619. The Kier molecular flexibility index (Phi) is 5.83. The largest absolute Gasteiger partial charge is 0.339 e. The van der Waals surface area contributed by atoms with Crippen molar-refractivity contribution >= 4 is 22.4 Å². The summed E-state index contributed by atoms with van der Waals surface area (Å²) in [5.74, 6) is 6.84. The van der Waals surface area contributed by atoms with E-state index in [4.69, 9.17) is 0 Å².